The van der Waals surface area contributed by atoms with Crippen LogP contribution in [0.25, 0.3) is 0 Å². The number of hydrogen-bond acceptors (Lipinski definition) is 3. The van der Waals surface area contributed by atoms with E-state index < -0.39 is 9.84 Å². The molecule has 19 heavy (non-hydrogen) atoms. The van der Waals surface area contributed by atoms with Crippen LogP contribution in [0.1, 0.15) is 29.5 Å². The van der Waals surface area contributed by atoms with E-state index in [4.69, 9.17) is 0 Å². The van der Waals surface area contributed by atoms with Gasteiger partial charge in [-0.3, -0.25) is 0 Å². The fraction of sp³-hybridized carbons (Fsp3) is 0.571. The molecular formula is C14H20FNO2S. The minimum atomic E-state index is -2.88. The van der Waals surface area contributed by atoms with Crippen molar-refractivity contribution in [1.82, 2.24) is 5.32 Å². The lowest BCUT2D eigenvalue weighted by molar-refractivity contribution is 0.479. The number of halogens is 1. The first-order valence-electron chi connectivity index (χ1n) is 6.57. The molecule has 1 N–H and O–H groups in total. The third-order valence-electron chi connectivity index (χ3n) is 3.55. The molecule has 1 aromatic carbocycles. The highest BCUT2D eigenvalue weighted by atomic mass is 32.2. The van der Waals surface area contributed by atoms with E-state index in [0.717, 1.165) is 18.4 Å². The summed E-state index contributed by atoms with van der Waals surface area (Å²) in [6.45, 7) is 4.08. The molecule has 1 saturated heterocycles. The monoisotopic (exact) mass is 285 g/mol. The largest absolute Gasteiger partial charge is 0.309 e. The third kappa shape index (κ3) is 3.76. The Morgan fingerprint density at radius 2 is 1.95 bits per heavy atom. The molecule has 0 aliphatic carbocycles. The summed E-state index contributed by atoms with van der Waals surface area (Å²) in [5, 5.41) is 3.27. The standard InChI is InChI=1S/C14H20FNO2S/c1-10-6-12(7-11(2)14(10)15)8-16-13-4-3-5-19(17,18)9-13/h6-7,13,16H,3-5,8-9H2,1-2H3. The molecule has 1 unspecified atom stereocenters. The van der Waals surface area contributed by atoms with E-state index in [9.17, 15) is 12.8 Å². The Balaban J connectivity index is 1.99. The Bertz CT molecular complexity index is 546. The highest BCUT2D eigenvalue weighted by Crippen LogP contribution is 2.16. The van der Waals surface area contributed by atoms with Crippen molar-refractivity contribution < 1.29 is 12.8 Å². The summed E-state index contributed by atoms with van der Waals surface area (Å²) in [4.78, 5) is 0. The number of rotatable bonds is 3. The molecular weight excluding hydrogens is 265 g/mol. The van der Waals surface area contributed by atoms with E-state index in [-0.39, 0.29) is 17.6 Å². The van der Waals surface area contributed by atoms with Crippen molar-refractivity contribution in [2.45, 2.75) is 39.3 Å². The predicted molar refractivity (Wildman–Crippen MR) is 74.4 cm³/mol. The van der Waals surface area contributed by atoms with Crippen LogP contribution in [0.5, 0.6) is 0 Å². The number of hydrogen-bond donors (Lipinski definition) is 1. The van der Waals surface area contributed by atoms with Gasteiger partial charge in [0, 0.05) is 12.6 Å². The Kier molecular flexibility index (Phi) is 4.26. The van der Waals surface area contributed by atoms with E-state index in [2.05, 4.69) is 5.32 Å². The van der Waals surface area contributed by atoms with Crippen LogP contribution in [-0.2, 0) is 16.4 Å². The topological polar surface area (TPSA) is 46.2 Å². The summed E-state index contributed by atoms with van der Waals surface area (Å²) in [5.74, 6) is 0.357. The summed E-state index contributed by atoms with van der Waals surface area (Å²) in [6.07, 6.45) is 1.61. The van der Waals surface area contributed by atoms with Crippen molar-refractivity contribution >= 4 is 9.84 Å². The van der Waals surface area contributed by atoms with Crippen LogP contribution in [0.3, 0.4) is 0 Å². The van der Waals surface area contributed by atoms with Gasteiger partial charge in [-0.15, -0.1) is 0 Å². The van der Waals surface area contributed by atoms with Crippen molar-refractivity contribution in [2.24, 2.45) is 0 Å². The second kappa shape index (κ2) is 5.59. The Morgan fingerprint density at radius 3 is 2.53 bits per heavy atom. The molecule has 1 aliphatic rings. The van der Waals surface area contributed by atoms with Gasteiger partial charge in [0.05, 0.1) is 11.5 Å². The molecule has 1 fully saturated rings. The van der Waals surface area contributed by atoms with Gasteiger partial charge in [0.15, 0.2) is 9.84 Å². The SMILES string of the molecule is Cc1cc(CNC2CCCS(=O)(=O)C2)cc(C)c1F. The number of benzene rings is 1. The highest BCUT2D eigenvalue weighted by molar-refractivity contribution is 7.91. The number of sulfone groups is 1. The molecule has 1 aliphatic heterocycles. The van der Waals surface area contributed by atoms with Gasteiger partial charge in [-0.25, -0.2) is 12.8 Å². The summed E-state index contributed by atoms with van der Waals surface area (Å²) in [7, 11) is -2.88. The summed E-state index contributed by atoms with van der Waals surface area (Å²) < 4.78 is 36.6. The molecule has 106 valence electrons. The van der Waals surface area contributed by atoms with E-state index in [1.54, 1.807) is 13.8 Å². The molecule has 0 saturated carbocycles. The van der Waals surface area contributed by atoms with Crippen LogP contribution >= 0.6 is 0 Å². The van der Waals surface area contributed by atoms with Gasteiger partial charge in [-0.1, -0.05) is 12.1 Å². The molecule has 1 aromatic rings. The first-order chi connectivity index (χ1) is 8.87. The van der Waals surface area contributed by atoms with Crippen LogP contribution in [-0.4, -0.2) is 26.0 Å². The number of nitrogens with one attached hydrogen (secondary N) is 1. The maximum Gasteiger partial charge on any atom is 0.151 e. The van der Waals surface area contributed by atoms with Crippen LogP contribution in [0.4, 0.5) is 4.39 Å². The zero-order chi connectivity index (χ0) is 14.0. The summed E-state index contributed by atoms with van der Waals surface area (Å²) in [5.41, 5.74) is 2.26. The van der Waals surface area contributed by atoms with E-state index in [0.29, 0.717) is 23.4 Å². The van der Waals surface area contributed by atoms with Crippen LogP contribution < -0.4 is 5.32 Å². The number of aryl methyl sites for hydroxylation is 2. The first-order valence-corrected chi connectivity index (χ1v) is 8.39. The average Bonchev–Trinajstić information content (AvgIpc) is 2.32. The molecule has 0 aromatic heterocycles. The van der Waals surface area contributed by atoms with Crippen LogP contribution in [0, 0.1) is 19.7 Å². The minimum Gasteiger partial charge on any atom is -0.309 e. The van der Waals surface area contributed by atoms with Gasteiger partial charge >= 0.3 is 0 Å². The lowest BCUT2D eigenvalue weighted by atomic mass is 10.1. The fourth-order valence-electron chi connectivity index (χ4n) is 2.58. The van der Waals surface area contributed by atoms with Crippen molar-refractivity contribution in [3.63, 3.8) is 0 Å². The predicted octanol–water partition coefficient (Wildman–Crippen LogP) is 2.11. The van der Waals surface area contributed by atoms with Crippen molar-refractivity contribution in [3.8, 4) is 0 Å². The van der Waals surface area contributed by atoms with Crippen molar-refractivity contribution in [2.75, 3.05) is 11.5 Å². The molecule has 0 bridgehead atoms. The van der Waals surface area contributed by atoms with E-state index in [1.807, 2.05) is 12.1 Å². The minimum absolute atomic E-state index is 0.0180. The van der Waals surface area contributed by atoms with Gasteiger partial charge < -0.3 is 5.32 Å². The zero-order valence-corrected chi connectivity index (χ0v) is 12.2. The highest BCUT2D eigenvalue weighted by Gasteiger charge is 2.24. The third-order valence-corrected chi connectivity index (χ3v) is 5.38. The maximum absolute atomic E-state index is 13.5. The Labute approximate surface area is 114 Å². The molecule has 1 atom stereocenters. The lowest BCUT2D eigenvalue weighted by Gasteiger charge is -2.23. The molecule has 0 radical (unpaired) electrons. The Morgan fingerprint density at radius 1 is 1.32 bits per heavy atom. The van der Waals surface area contributed by atoms with Gasteiger partial charge in [0.25, 0.3) is 0 Å². The summed E-state index contributed by atoms with van der Waals surface area (Å²) in [6, 6.07) is 3.64. The van der Waals surface area contributed by atoms with E-state index in [1.165, 1.54) is 0 Å². The van der Waals surface area contributed by atoms with Gasteiger partial charge in [-0.2, -0.15) is 0 Å². The Hall–Kier alpha value is -0.940. The quantitative estimate of drug-likeness (QED) is 0.925. The normalized spacial score (nSPS) is 22.4. The lowest BCUT2D eigenvalue weighted by Crippen LogP contribution is -2.39. The molecule has 0 spiro atoms. The smallest absolute Gasteiger partial charge is 0.151 e. The fourth-order valence-corrected chi connectivity index (χ4v) is 4.25. The van der Waals surface area contributed by atoms with Crippen molar-refractivity contribution in [1.29, 1.82) is 0 Å². The summed E-state index contributed by atoms with van der Waals surface area (Å²) >= 11 is 0. The molecule has 0 amide bonds. The van der Waals surface area contributed by atoms with Gasteiger partial charge in [0.1, 0.15) is 5.82 Å². The van der Waals surface area contributed by atoms with Crippen LogP contribution in [0.15, 0.2) is 12.1 Å². The van der Waals surface area contributed by atoms with Gasteiger partial charge in [0.2, 0.25) is 0 Å². The molecule has 3 nitrogen and oxygen atoms in total. The molecule has 1 heterocycles. The van der Waals surface area contributed by atoms with E-state index >= 15 is 0 Å². The molecule has 2 rings (SSSR count). The average molecular weight is 285 g/mol. The second-order valence-electron chi connectivity index (χ2n) is 5.38. The zero-order valence-electron chi connectivity index (χ0n) is 11.4. The van der Waals surface area contributed by atoms with Gasteiger partial charge in [-0.05, 0) is 43.4 Å². The van der Waals surface area contributed by atoms with Crippen LogP contribution in [0.2, 0.25) is 0 Å². The maximum atomic E-state index is 13.5. The van der Waals surface area contributed by atoms with Crippen molar-refractivity contribution in [3.05, 3.63) is 34.6 Å². The molecule has 5 heteroatoms. The first kappa shape index (κ1) is 14.5. The second-order valence-corrected chi connectivity index (χ2v) is 7.61.